The first kappa shape index (κ1) is 14.6. The molecule has 0 radical (unpaired) electrons. The molecule has 0 spiro atoms. The molecule has 0 fully saturated rings. The summed E-state index contributed by atoms with van der Waals surface area (Å²) in [5.74, 6) is 0. The highest BCUT2D eigenvalue weighted by atomic mass is 35.5. The van der Waals surface area contributed by atoms with E-state index in [-0.39, 0.29) is 6.04 Å². The van der Waals surface area contributed by atoms with E-state index in [0.717, 1.165) is 45.5 Å². The Balaban J connectivity index is 1.81. The molecule has 23 heavy (non-hydrogen) atoms. The van der Waals surface area contributed by atoms with Crippen molar-refractivity contribution in [1.29, 1.82) is 0 Å². The molecule has 116 valence electrons. The number of hydrogen-bond donors (Lipinski definition) is 0. The second-order valence-electron chi connectivity index (χ2n) is 5.60. The minimum Gasteiger partial charge on any atom is -0.364 e. The summed E-state index contributed by atoms with van der Waals surface area (Å²) < 4.78 is 5.22. The maximum Gasteiger partial charge on any atom is 0.127 e. The maximum atomic E-state index is 6.04. The van der Waals surface area contributed by atoms with Gasteiger partial charge < -0.3 is 9.42 Å². The van der Waals surface area contributed by atoms with Crippen LogP contribution >= 0.6 is 23.2 Å². The van der Waals surface area contributed by atoms with Gasteiger partial charge in [0.05, 0.1) is 0 Å². The largest absolute Gasteiger partial charge is 0.364 e. The van der Waals surface area contributed by atoms with Gasteiger partial charge in [-0.25, -0.2) is 0 Å². The fourth-order valence-corrected chi connectivity index (χ4v) is 3.34. The van der Waals surface area contributed by atoms with E-state index in [1.807, 2.05) is 48.5 Å². The molecule has 5 heteroatoms. The standard InChI is InChI=1S/C18H14Cl2N2O/c19-14-3-1-12(2-4-14)18-17-13(11-23-21-17)9-10-22(18)16-7-5-15(20)6-8-16/h1-8,11,18H,9-10H2. The summed E-state index contributed by atoms with van der Waals surface area (Å²) in [5.41, 5.74) is 4.38. The fraction of sp³-hybridized carbons (Fsp3) is 0.167. The van der Waals surface area contributed by atoms with Crippen LogP contribution in [-0.4, -0.2) is 11.7 Å². The summed E-state index contributed by atoms with van der Waals surface area (Å²) in [7, 11) is 0. The van der Waals surface area contributed by atoms with Gasteiger partial charge in [0, 0.05) is 27.8 Å². The Morgan fingerprint density at radius 2 is 1.61 bits per heavy atom. The highest BCUT2D eigenvalue weighted by Crippen LogP contribution is 2.38. The third-order valence-electron chi connectivity index (χ3n) is 4.21. The van der Waals surface area contributed by atoms with Crippen LogP contribution in [0.4, 0.5) is 5.69 Å². The second-order valence-corrected chi connectivity index (χ2v) is 6.47. The van der Waals surface area contributed by atoms with E-state index in [9.17, 15) is 0 Å². The molecule has 1 atom stereocenters. The van der Waals surface area contributed by atoms with Crippen molar-refractivity contribution in [3.63, 3.8) is 0 Å². The van der Waals surface area contributed by atoms with E-state index in [4.69, 9.17) is 27.7 Å². The monoisotopic (exact) mass is 344 g/mol. The zero-order chi connectivity index (χ0) is 15.8. The fourth-order valence-electron chi connectivity index (χ4n) is 3.09. The Hall–Kier alpha value is -1.97. The Labute approximate surface area is 144 Å². The molecule has 1 aliphatic heterocycles. The molecule has 0 saturated carbocycles. The lowest BCUT2D eigenvalue weighted by Gasteiger charge is -2.36. The third kappa shape index (κ3) is 2.71. The van der Waals surface area contributed by atoms with Crippen LogP contribution in [0, 0.1) is 0 Å². The average molecular weight is 345 g/mol. The molecular formula is C18H14Cl2N2O. The highest BCUT2D eigenvalue weighted by molar-refractivity contribution is 6.30. The van der Waals surface area contributed by atoms with E-state index in [0.29, 0.717) is 0 Å². The predicted molar refractivity (Wildman–Crippen MR) is 92.3 cm³/mol. The number of benzene rings is 2. The lowest BCUT2D eigenvalue weighted by atomic mass is 9.93. The smallest absolute Gasteiger partial charge is 0.127 e. The van der Waals surface area contributed by atoms with Crippen LogP contribution in [0.3, 0.4) is 0 Å². The van der Waals surface area contributed by atoms with Gasteiger partial charge in [-0.3, -0.25) is 0 Å². The molecule has 0 amide bonds. The van der Waals surface area contributed by atoms with Crippen LogP contribution in [0.5, 0.6) is 0 Å². The van der Waals surface area contributed by atoms with Crippen molar-refractivity contribution in [3.05, 3.63) is 81.7 Å². The minimum absolute atomic E-state index is 0.0101. The van der Waals surface area contributed by atoms with Gasteiger partial charge >= 0.3 is 0 Å². The lowest BCUT2D eigenvalue weighted by molar-refractivity contribution is 0.408. The highest BCUT2D eigenvalue weighted by Gasteiger charge is 2.32. The van der Waals surface area contributed by atoms with Gasteiger partial charge in [-0.15, -0.1) is 0 Å². The van der Waals surface area contributed by atoms with Gasteiger partial charge in [-0.2, -0.15) is 0 Å². The Bertz CT molecular complexity index is 812. The quantitative estimate of drug-likeness (QED) is 0.644. The van der Waals surface area contributed by atoms with Gasteiger partial charge in [0.25, 0.3) is 0 Å². The number of nitrogens with zero attached hydrogens (tertiary/aromatic N) is 2. The van der Waals surface area contributed by atoms with Crippen LogP contribution in [-0.2, 0) is 6.42 Å². The van der Waals surface area contributed by atoms with Crippen molar-refractivity contribution in [2.24, 2.45) is 0 Å². The van der Waals surface area contributed by atoms with Crippen LogP contribution in [0.2, 0.25) is 10.0 Å². The zero-order valence-electron chi connectivity index (χ0n) is 12.2. The van der Waals surface area contributed by atoms with Gasteiger partial charge in [0.2, 0.25) is 0 Å². The lowest BCUT2D eigenvalue weighted by Crippen LogP contribution is -2.36. The summed E-state index contributed by atoms with van der Waals surface area (Å²) in [6.07, 6.45) is 2.66. The molecule has 2 aromatic carbocycles. The molecule has 1 aliphatic rings. The predicted octanol–water partition coefficient (Wildman–Crippen LogP) is 5.13. The Kier molecular flexibility index (Phi) is 3.76. The molecule has 1 unspecified atom stereocenters. The van der Waals surface area contributed by atoms with E-state index in [1.54, 1.807) is 6.26 Å². The van der Waals surface area contributed by atoms with Gasteiger partial charge in [-0.1, -0.05) is 40.5 Å². The zero-order valence-corrected chi connectivity index (χ0v) is 13.8. The third-order valence-corrected chi connectivity index (χ3v) is 4.72. The first-order valence-corrected chi connectivity index (χ1v) is 8.19. The van der Waals surface area contributed by atoms with Crippen LogP contribution in [0.25, 0.3) is 0 Å². The Morgan fingerprint density at radius 3 is 2.30 bits per heavy atom. The summed E-state index contributed by atoms with van der Waals surface area (Å²) in [6.45, 7) is 0.892. The topological polar surface area (TPSA) is 29.3 Å². The van der Waals surface area contributed by atoms with E-state index in [1.165, 1.54) is 0 Å². The summed E-state index contributed by atoms with van der Waals surface area (Å²) >= 11 is 12.1. The molecule has 0 bridgehead atoms. The average Bonchev–Trinajstić information content (AvgIpc) is 3.04. The van der Waals surface area contributed by atoms with Crippen LogP contribution in [0.15, 0.2) is 59.3 Å². The van der Waals surface area contributed by atoms with E-state index in [2.05, 4.69) is 10.1 Å². The molecule has 3 aromatic rings. The van der Waals surface area contributed by atoms with Gasteiger partial charge in [0.1, 0.15) is 18.0 Å². The van der Waals surface area contributed by atoms with Gasteiger partial charge in [0.15, 0.2) is 0 Å². The molecule has 0 aliphatic carbocycles. The van der Waals surface area contributed by atoms with Crippen molar-refractivity contribution in [1.82, 2.24) is 5.16 Å². The van der Waals surface area contributed by atoms with Crippen LogP contribution in [0.1, 0.15) is 22.9 Å². The van der Waals surface area contributed by atoms with Crippen molar-refractivity contribution in [3.8, 4) is 0 Å². The SMILES string of the molecule is Clc1ccc(C2c3nocc3CCN2c2ccc(Cl)cc2)cc1. The normalized spacial score (nSPS) is 17.1. The molecular weight excluding hydrogens is 331 g/mol. The maximum absolute atomic E-state index is 6.04. The van der Waals surface area contributed by atoms with E-state index >= 15 is 0 Å². The van der Waals surface area contributed by atoms with Crippen molar-refractivity contribution in [2.45, 2.75) is 12.5 Å². The van der Waals surface area contributed by atoms with E-state index < -0.39 is 0 Å². The molecule has 4 rings (SSSR count). The Morgan fingerprint density at radius 1 is 0.957 bits per heavy atom. The number of rotatable bonds is 2. The minimum atomic E-state index is 0.0101. The summed E-state index contributed by atoms with van der Waals surface area (Å²) in [4.78, 5) is 2.32. The number of anilines is 1. The van der Waals surface area contributed by atoms with Crippen LogP contribution < -0.4 is 4.90 Å². The molecule has 3 nitrogen and oxygen atoms in total. The first-order chi connectivity index (χ1) is 11.2. The summed E-state index contributed by atoms with van der Waals surface area (Å²) in [5, 5.41) is 5.71. The number of fused-ring (bicyclic) bond motifs is 1. The molecule has 0 saturated heterocycles. The van der Waals surface area contributed by atoms with Crippen molar-refractivity contribution in [2.75, 3.05) is 11.4 Å². The first-order valence-electron chi connectivity index (χ1n) is 7.43. The molecule has 1 aromatic heterocycles. The second kappa shape index (κ2) is 5.91. The molecule has 0 N–H and O–H groups in total. The van der Waals surface area contributed by atoms with Gasteiger partial charge in [-0.05, 0) is 48.4 Å². The van der Waals surface area contributed by atoms with Crippen molar-refractivity contribution >= 4 is 28.9 Å². The molecule has 2 heterocycles. The number of hydrogen-bond acceptors (Lipinski definition) is 3. The van der Waals surface area contributed by atoms with Crippen molar-refractivity contribution < 1.29 is 4.52 Å². The number of aromatic nitrogens is 1. The number of halogens is 2. The summed E-state index contributed by atoms with van der Waals surface area (Å²) in [6, 6.07) is 15.8.